The maximum Gasteiger partial charge on any atom is 0.235 e. The average Bonchev–Trinajstić information content (AvgIpc) is 3.37. The number of nitrogens with zero attached hydrogens (tertiary/aromatic N) is 6. The maximum atomic E-state index is 13.4. The number of rotatable bonds is 8. The number of hydrogen-bond donors (Lipinski definition) is 3. The van der Waals surface area contributed by atoms with Crippen LogP contribution in [0.15, 0.2) is 54.6 Å². The average molecular weight is 504 g/mol. The summed E-state index contributed by atoms with van der Waals surface area (Å²) in [6, 6.07) is 15.9. The Morgan fingerprint density at radius 2 is 1.65 bits per heavy atom. The van der Waals surface area contributed by atoms with Crippen LogP contribution in [0.3, 0.4) is 0 Å². The highest BCUT2D eigenvalue weighted by Crippen LogP contribution is 2.25. The number of likely N-dealkylation sites (N-methyl/N-ethyl adjacent to an activating group) is 1. The number of aromatic amines is 1. The van der Waals surface area contributed by atoms with E-state index in [1.165, 1.54) is 12.1 Å². The molecule has 1 aliphatic heterocycles. The Hall–Kier alpha value is -4.25. The summed E-state index contributed by atoms with van der Waals surface area (Å²) in [5.74, 6) is 2.50. The van der Waals surface area contributed by atoms with Gasteiger partial charge in [-0.3, -0.25) is 5.10 Å². The molecule has 0 spiro atoms. The number of H-pyrrole nitrogens is 1. The molecule has 37 heavy (non-hydrogen) atoms. The Bertz CT molecular complexity index is 1320. The molecule has 0 amide bonds. The molecular weight excluding hydrogens is 473 g/mol. The summed E-state index contributed by atoms with van der Waals surface area (Å²) >= 11 is 0. The zero-order valence-corrected chi connectivity index (χ0v) is 21.1. The van der Waals surface area contributed by atoms with E-state index in [2.05, 4.69) is 47.6 Å². The molecule has 1 aliphatic rings. The standard InChI is InChI=1S/C26H30FN9O/c1-17(18-4-8-20(27)9-5-18)28-24-30-25(32-26(31-24)36-14-12-35(2)13-15-36)29-23-16-22(33-34-23)19-6-10-21(37-3)11-7-19/h4-11,16-17H,12-15H2,1-3H3,(H3,28,29,30,31,32,33,34). The van der Waals surface area contributed by atoms with E-state index in [4.69, 9.17) is 9.72 Å². The van der Waals surface area contributed by atoms with E-state index in [-0.39, 0.29) is 11.9 Å². The Kier molecular flexibility index (Phi) is 7.13. The molecule has 1 atom stereocenters. The minimum atomic E-state index is -0.270. The fourth-order valence-corrected chi connectivity index (χ4v) is 4.08. The van der Waals surface area contributed by atoms with Gasteiger partial charge in [0.2, 0.25) is 17.8 Å². The molecule has 2 aromatic carbocycles. The van der Waals surface area contributed by atoms with Gasteiger partial charge in [-0.25, -0.2) is 4.39 Å². The number of anilines is 4. The fourth-order valence-electron chi connectivity index (χ4n) is 4.08. The van der Waals surface area contributed by atoms with Gasteiger partial charge >= 0.3 is 0 Å². The summed E-state index contributed by atoms with van der Waals surface area (Å²) in [5.41, 5.74) is 2.75. The van der Waals surface area contributed by atoms with Crippen molar-refractivity contribution in [1.82, 2.24) is 30.0 Å². The lowest BCUT2D eigenvalue weighted by Gasteiger charge is -2.32. The van der Waals surface area contributed by atoms with Crippen molar-refractivity contribution in [2.24, 2.45) is 0 Å². The second-order valence-electron chi connectivity index (χ2n) is 9.01. The van der Waals surface area contributed by atoms with Crippen molar-refractivity contribution in [2.75, 3.05) is 55.9 Å². The van der Waals surface area contributed by atoms with E-state index in [0.29, 0.717) is 23.7 Å². The number of hydrogen-bond acceptors (Lipinski definition) is 9. The second kappa shape index (κ2) is 10.8. The van der Waals surface area contributed by atoms with Gasteiger partial charge < -0.3 is 25.2 Å². The fraction of sp³-hybridized carbons (Fsp3) is 0.308. The molecule has 5 rings (SSSR count). The van der Waals surface area contributed by atoms with Crippen molar-refractivity contribution in [3.05, 3.63) is 66.0 Å². The quantitative estimate of drug-likeness (QED) is 0.328. The van der Waals surface area contributed by atoms with Gasteiger partial charge in [0, 0.05) is 32.2 Å². The summed E-state index contributed by atoms with van der Waals surface area (Å²) in [6.45, 7) is 5.46. The lowest BCUT2D eigenvalue weighted by atomic mass is 10.1. The van der Waals surface area contributed by atoms with E-state index in [0.717, 1.165) is 48.7 Å². The summed E-state index contributed by atoms with van der Waals surface area (Å²) in [4.78, 5) is 18.4. The van der Waals surface area contributed by atoms with E-state index < -0.39 is 0 Å². The van der Waals surface area contributed by atoms with Crippen LogP contribution in [-0.4, -0.2) is 70.4 Å². The van der Waals surface area contributed by atoms with E-state index in [1.807, 2.05) is 37.3 Å². The molecule has 1 fully saturated rings. The number of ether oxygens (including phenoxy) is 1. The first kappa shape index (κ1) is 24.4. The smallest absolute Gasteiger partial charge is 0.235 e. The van der Waals surface area contributed by atoms with Crippen molar-refractivity contribution in [2.45, 2.75) is 13.0 Å². The van der Waals surface area contributed by atoms with E-state index in [9.17, 15) is 4.39 Å². The molecule has 192 valence electrons. The molecule has 2 aromatic heterocycles. The molecule has 0 radical (unpaired) electrons. The number of halogens is 1. The van der Waals surface area contributed by atoms with Crippen LogP contribution in [0.4, 0.5) is 28.1 Å². The number of nitrogens with one attached hydrogen (secondary N) is 3. The van der Waals surface area contributed by atoms with Gasteiger partial charge in [0.05, 0.1) is 18.8 Å². The highest BCUT2D eigenvalue weighted by Gasteiger charge is 2.20. The molecule has 0 aliphatic carbocycles. The third kappa shape index (κ3) is 5.95. The highest BCUT2D eigenvalue weighted by molar-refractivity contribution is 5.65. The van der Waals surface area contributed by atoms with Gasteiger partial charge in [0.1, 0.15) is 11.6 Å². The van der Waals surface area contributed by atoms with E-state index in [1.54, 1.807) is 19.2 Å². The molecule has 3 heterocycles. The summed E-state index contributed by atoms with van der Waals surface area (Å²) in [7, 11) is 3.74. The minimum absolute atomic E-state index is 0.136. The van der Waals surface area contributed by atoms with Crippen LogP contribution in [-0.2, 0) is 0 Å². The molecule has 4 aromatic rings. The summed E-state index contributed by atoms with van der Waals surface area (Å²) in [5, 5.41) is 14.0. The number of methoxy groups -OCH3 is 1. The van der Waals surface area contributed by atoms with Gasteiger partial charge in [-0.15, -0.1) is 0 Å². The monoisotopic (exact) mass is 503 g/mol. The maximum absolute atomic E-state index is 13.4. The molecule has 1 unspecified atom stereocenters. The van der Waals surface area contributed by atoms with Gasteiger partial charge in [-0.05, 0) is 61.5 Å². The Balaban J connectivity index is 1.39. The Morgan fingerprint density at radius 1 is 0.946 bits per heavy atom. The first-order chi connectivity index (χ1) is 18.0. The Labute approximate surface area is 214 Å². The molecule has 10 nitrogen and oxygen atoms in total. The van der Waals surface area contributed by atoms with Gasteiger partial charge in [-0.2, -0.15) is 20.1 Å². The van der Waals surface area contributed by atoms with Crippen LogP contribution in [0.5, 0.6) is 5.75 Å². The van der Waals surface area contributed by atoms with Crippen LogP contribution in [0.1, 0.15) is 18.5 Å². The third-order valence-electron chi connectivity index (χ3n) is 6.34. The SMILES string of the molecule is COc1ccc(-c2cc(Nc3nc(NC(C)c4ccc(F)cc4)nc(N4CCN(C)CC4)n3)n[nH]2)cc1. The zero-order chi connectivity index (χ0) is 25.8. The predicted molar refractivity (Wildman–Crippen MR) is 142 cm³/mol. The largest absolute Gasteiger partial charge is 0.497 e. The van der Waals surface area contributed by atoms with Gasteiger partial charge in [0.15, 0.2) is 5.82 Å². The van der Waals surface area contributed by atoms with Crippen LogP contribution in [0, 0.1) is 5.82 Å². The second-order valence-corrected chi connectivity index (χ2v) is 9.01. The topological polar surface area (TPSA) is 107 Å². The highest BCUT2D eigenvalue weighted by atomic mass is 19.1. The van der Waals surface area contributed by atoms with Crippen LogP contribution in [0.2, 0.25) is 0 Å². The lowest BCUT2D eigenvalue weighted by molar-refractivity contribution is 0.311. The molecule has 0 bridgehead atoms. The number of benzene rings is 2. The number of aromatic nitrogens is 5. The van der Waals surface area contributed by atoms with Crippen LogP contribution >= 0.6 is 0 Å². The van der Waals surface area contributed by atoms with Crippen molar-refractivity contribution >= 4 is 23.7 Å². The zero-order valence-electron chi connectivity index (χ0n) is 21.1. The van der Waals surface area contributed by atoms with Crippen molar-refractivity contribution in [3.8, 4) is 17.0 Å². The normalized spacial score (nSPS) is 14.9. The Morgan fingerprint density at radius 3 is 2.35 bits per heavy atom. The van der Waals surface area contributed by atoms with Crippen molar-refractivity contribution in [3.63, 3.8) is 0 Å². The molecule has 1 saturated heterocycles. The molecular formula is C26H30FN9O. The van der Waals surface area contributed by atoms with Gasteiger partial charge in [0.25, 0.3) is 0 Å². The van der Waals surface area contributed by atoms with Gasteiger partial charge in [-0.1, -0.05) is 12.1 Å². The summed E-state index contributed by atoms with van der Waals surface area (Å²) in [6.07, 6.45) is 0. The van der Waals surface area contributed by atoms with Crippen LogP contribution in [0.25, 0.3) is 11.3 Å². The minimum Gasteiger partial charge on any atom is -0.497 e. The lowest BCUT2D eigenvalue weighted by Crippen LogP contribution is -2.45. The van der Waals surface area contributed by atoms with Crippen LogP contribution < -0.4 is 20.3 Å². The molecule has 11 heteroatoms. The third-order valence-corrected chi connectivity index (χ3v) is 6.34. The summed E-state index contributed by atoms with van der Waals surface area (Å²) < 4.78 is 18.6. The first-order valence-electron chi connectivity index (χ1n) is 12.2. The van der Waals surface area contributed by atoms with Crippen molar-refractivity contribution < 1.29 is 9.13 Å². The van der Waals surface area contributed by atoms with E-state index >= 15 is 0 Å². The number of piperazine rings is 1. The first-order valence-corrected chi connectivity index (χ1v) is 12.2. The predicted octanol–water partition coefficient (Wildman–Crippen LogP) is 4.08. The molecule has 0 saturated carbocycles. The molecule has 3 N–H and O–H groups in total. The van der Waals surface area contributed by atoms with Crippen molar-refractivity contribution in [1.29, 1.82) is 0 Å².